The van der Waals surface area contributed by atoms with E-state index in [9.17, 15) is 24.6 Å². The maximum atomic E-state index is 13.9. The molecule has 0 spiro atoms. The fourth-order valence-corrected chi connectivity index (χ4v) is 9.57. The molecule has 15 heteroatoms. The van der Waals surface area contributed by atoms with Crippen molar-refractivity contribution in [1.29, 1.82) is 0 Å². The molecule has 3 aliphatic rings. The Morgan fingerprint density at radius 2 is 1.43 bits per heavy atom. The Bertz CT molecular complexity index is 2240. The lowest BCUT2D eigenvalue weighted by molar-refractivity contribution is -0.151. The van der Waals surface area contributed by atoms with Crippen LogP contribution in [0.15, 0.2) is 125 Å². The van der Waals surface area contributed by atoms with Crippen molar-refractivity contribution in [2.75, 3.05) is 25.3 Å². The van der Waals surface area contributed by atoms with Crippen molar-refractivity contribution in [3.63, 3.8) is 0 Å². The van der Waals surface area contributed by atoms with E-state index in [-0.39, 0.29) is 28.6 Å². The van der Waals surface area contributed by atoms with Gasteiger partial charge in [-0.05, 0) is 39.9 Å². The van der Waals surface area contributed by atoms with Crippen LogP contribution in [0.1, 0.15) is 33.5 Å². The molecule has 2 amide bonds. The SMILES string of the molecule is CON=C(C(=O)NC1C(=O)N2C(C(=O)OC)=C(N3Cc4cc(O)c(O)cc4C3)CS[C@@H]12)c1csc(NC(c2ccccc2)(c2ccccc2)c2ccccc2)n1. The van der Waals surface area contributed by atoms with Crippen LogP contribution in [-0.2, 0) is 42.6 Å². The third-order valence-electron chi connectivity index (χ3n) is 10.1. The Hall–Kier alpha value is -6.32. The third kappa shape index (κ3) is 6.37. The molecule has 8 rings (SSSR count). The molecule has 1 unspecified atom stereocenters. The zero-order valence-corrected chi connectivity index (χ0v) is 31.8. The second kappa shape index (κ2) is 15.1. The van der Waals surface area contributed by atoms with E-state index in [0.29, 0.717) is 29.7 Å². The quantitative estimate of drug-likeness (QED) is 0.0351. The van der Waals surface area contributed by atoms with E-state index in [0.717, 1.165) is 27.8 Å². The van der Waals surface area contributed by atoms with Gasteiger partial charge in [-0.1, -0.05) is 96.2 Å². The largest absolute Gasteiger partial charge is 0.504 e. The first-order chi connectivity index (χ1) is 27.2. The highest BCUT2D eigenvalue weighted by Crippen LogP contribution is 2.45. The van der Waals surface area contributed by atoms with E-state index in [1.807, 2.05) is 59.5 Å². The van der Waals surface area contributed by atoms with Crippen LogP contribution in [0, 0.1) is 0 Å². The van der Waals surface area contributed by atoms with E-state index in [1.54, 1.807) is 5.38 Å². The summed E-state index contributed by atoms with van der Waals surface area (Å²) >= 11 is 2.69. The summed E-state index contributed by atoms with van der Waals surface area (Å²) in [5, 5.41) is 32.2. The smallest absolute Gasteiger partial charge is 0.356 e. The Morgan fingerprint density at radius 1 is 0.875 bits per heavy atom. The van der Waals surface area contributed by atoms with E-state index < -0.39 is 34.7 Å². The van der Waals surface area contributed by atoms with Crippen molar-refractivity contribution in [3.05, 3.63) is 153 Å². The van der Waals surface area contributed by atoms with Gasteiger partial charge in [-0.2, -0.15) is 0 Å². The summed E-state index contributed by atoms with van der Waals surface area (Å²) in [4.78, 5) is 54.1. The van der Waals surface area contributed by atoms with Gasteiger partial charge in [-0.15, -0.1) is 23.1 Å². The molecule has 3 aliphatic heterocycles. The average molecular weight is 789 g/mol. The molecule has 4 N–H and O–H groups in total. The highest BCUT2D eigenvalue weighted by atomic mass is 32.2. The number of β-lactam (4-membered cyclic amide) rings is 1. The number of oxime groups is 1. The number of nitrogens with zero attached hydrogens (tertiary/aromatic N) is 4. The van der Waals surface area contributed by atoms with Gasteiger partial charge in [0.25, 0.3) is 11.8 Å². The molecule has 0 aliphatic carbocycles. The standard InChI is InChI=1S/C41H36N6O7S2/c1-53-39(52)35-30(46-20-24-18-31(48)32(49)19-25(24)21-46)23-55-38-34(37(51)47(35)38)43-36(50)33(45-54-2)29-22-56-40(42-29)44-41(26-12-6-3-7-13-26,27-14-8-4-9-15-27)28-16-10-5-11-17-28/h3-19,22,34,38,48-49H,20-21,23H2,1-2H3,(H,42,44)(H,43,50)/t34?,38-/m0/s1. The number of phenolic OH excluding ortho intramolecular Hbond substituents is 2. The molecule has 4 heterocycles. The molecule has 1 saturated heterocycles. The topological polar surface area (TPSA) is 166 Å². The molecular formula is C41H36N6O7S2. The summed E-state index contributed by atoms with van der Waals surface area (Å²) in [6.45, 7) is 0.716. The molecule has 1 fully saturated rings. The number of anilines is 1. The number of methoxy groups -OCH3 is 1. The number of carbonyl (C=O) groups is 3. The van der Waals surface area contributed by atoms with Crippen LogP contribution in [0.25, 0.3) is 0 Å². The number of ether oxygens (including phenoxy) is 1. The summed E-state index contributed by atoms with van der Waals surface area (Å²) in [7, 11) is 2.57. The van der Waals surface area contributed by atoms with Crippen LogP contribution in [0.5, 0.6) is 11.5 Å². The van der Waals surface area contributed by atoms with E-state index in [4.69, 9.17) is 14.6 Å². The minimum atomic E-state index is -0.974. The number of phenols is 2. The van der Waals surface area contributed by atoms with E-state index in [2.05, 4.69) is 52.2 Å². The van der Waals surface area contributed by atoms with Crippen LogP contribution >= 0.6 is 23.1 Å². The van der Waals surface area contributed by atoms with Crippen LogP contribution in [0.4, 0.5) is 5.13 Å². The minimum Gasteiger partial charge on any atom is -0.504 e. The number of thiazole rings is 1. The summed E-state index contributed by atoms with van der Waals surface area (Å²) in [6.07, 6.45) is 0. The number of benzene rings is 4. The van der Waals surface area contributed by atoms with Crippen molar-refractivity contribution in [2.24, 2.45) is 5.16 Å². The number of rotatable bonds is 11. The van der Waals surface area contributed by atoms with Gasteiger partial charge in [0.2, 0.25) is 0 Å². The maximum absolute atomic E-state index is 13.9. The highest BCUT2D eigenvalue weighted by Gasteiger charge is 2.55. The van der Waals surface area contributed by atoms with Gasteiger partial charge in [0, 0.05) is 24.2 Å². The zero-order chi connectivity index (χ0) is 39.0. The number of carbonyl (C=O) groups excluding carboxylic acids is 3. The maximum Gasteiger partial charge on any atom is 0.356 e. The number of thioether (sulfide) groups is 1. The second-order valence-electron chi connectivity index (χ2n) is 13.2. The Morgan fingerprint density at radius 3 is 1.95 bits per heavy atom. The van der Waals surface area contributed by atoms with Crippen molar-refractivity contribution >= 4 is 51.7 Å². The van der Waals surface area contributed by atoms with E-state index >= 15 is 0 Å². The number of fused-ring (bicyclic) bond motifs is 2. The number of nitrogens with one attached hydrogen (secondary N) is 2. The molecule has 56 heavy (non-hydrogen) atoms. The molecule has 5 aromatic rings. The number of amides is 2. The fourth-order valence-electron chi connectivity index (χ4n) is 7.43. The number of aromatic nitrogens is 1. The summed E-state index contributed by atoms with van der Waals surface area (Å²) in [5.74, 6) is -1.98. The number of aromatic hydroxyl groups is 2. The molecule has 0 bridgehead atoms. The first kappa shape index (κ1) is 36.6. The van der Waals surface area contributed by atoms with Gasteiger partial charge in [-0.3, -0.25) is 14.5 Å². The van der Waals surface area contributed by atoms with Crippen LogP contribution < -0.4 is 10.6 Å². The van der Waals surface area contributed by atoms with Crippen LogP contribution in [0.3, 0.4) is 0 Å². The monoisotopic (exact) mass is 788 g/mol. The first-order valence-corrected chi connectivity index (χ1v) is 19.5. The fraction of sp³-hybridized carbons (Fsp3) is 0.195. The predicted molar refractivity (Wildman–Crippen MR) is 212 cm³/mol. The van der Waals surface area contributed by atoms with Gasteiger partial charge in [0.15, 0.2) is 28.0 Å². The summed E-state index contributed by atoms with van der Waals surface area (Å²) in [5.41, 5.74) is 4.45. The summed E-state index contributed by atoms with van der Waals surface area (Å²) < 4.78 is 5.12. The normalized spacial score (nSPS) is 17.8. The van der Waals surface area contributed by atoms with Crippen LogP contribution in [0.2, 0.25) is 0 Å². The Labute approximate surface area is 330 Å². The molecule has 1 aromatic heterocycles. The Kier molecular flexibility index (Phi) is 9.87. The van der Waals surface area contributed by atoms with Gasteiger partial charge < -0.3 is 35.3 Å². The number of hydrogen-bond donors (Lipinski definition) is 4. The third-order valence-corrected chi connectivity index (χ3v) is 12.1. The lowest BCUT2D eigenvalue weighted by Crippen LogP contribution is -2.71. The lowest BCUT2D eigenvalue weighted by Gasteiger charge is -2.50. The highest BCUT2D eigenvalue weighted by molar-refractivity contribution is 8.00. The van der Waals surface area contributed by atoms with Gasteiger partial charge in [0.1, 0.15) is 29.8 Å². The minimum absolute atomic E-state index is 0.0905. The van der Waals surface area contributed by atoms with Crippen molar-refractivity contribution in [3.8, 4) is 11.5 Å². The number of esters is 1. The number of hydrogen-bond acceptors (Lipinski definition) is 13. The molecular weight excluding hydrogens is 753 g/mol. The summed E-state index contributed by atoms with van der Waals surface area (Å²) in [6, 6.07) is 32.2. The van der Waals surface area contributed by atoms with Crippen molar-refractivity contribution in [2.45, 2.75) is 30.0 Å². The zero-order valence-electron chi connectivity index (χ0n) is 30.2. The first-order valence-electron chi connectivity index (χ1n) is 17.6. The predicted octanol–water partition coefficient (Wildman–Crippen LogP) is 5.11. The second-order valence-corrected chi connectivity index (χ2v) is 15.2. The Balaban J connectivity index is 1.05. The molecule has 2 atom stereocenters. The molecule has 4 aromatic carbocycles. The van der Waals surface area contributed by atoms with E-state index in [1.165, 1.54) is 54.4 Å². The van der Waals surface area contributed by atoms with Gasteiger partial charge >= 0.3 is 5.97 Å². The lowest BCUT2D eigenvalue weighted by atomic mass is 9.77. The average Bonchev–Trinajstić information content (AvgIpc) is 3.87. The van der Waals surface area contributed by atoms with Crippen LogP contribution in [-0.4, -0.2) is 79.9 Å². The van der Waals surface area contributed by atoms with Crippen molar-refractivity contribution < 1.29 is 34.2 Å². The molecule has 0 saturated carbocycles. The van der Waals surface area contributed by atoms with Gasteiger partial charge in [0.05, 0.1) is 12.8 Å². The molecule has 13 nitrogen and oxygen atoms in total. The van der Waals surface area contributed by atoms with Crippen molar-refractivity contribution in [1.82, 2.24) is 20.1 Å². The van der Waals surface area contributed by atoms with Gasteiger partial charge in [-0.25, -0.2) is 9.78 Å². The molecule has 0 radical (unpaired) electrons. The molecule has 284 valence electrons.